The second-order valence-electron chi connectivity index (χ2n) is 4.00. The van der Waals surface area contributed by atoms with Crippen LogP contribution in [-0.2, 0) is 10.0 Å². The maximum Gasteiger partial charge on any atom is 0.266 e. The normalized spacial score (nSPS) is 11.3. The molecule has 1 aromatic carbocycles. The van der Waals surface area contributed by atoms with Crippen molar-refractivity contribution in [3.63, 3.8) is 0 Å². The number of hydrogen-bond donors (Lipinski definition) is 2. The van der Waals surface area contributed by atoms with Crippen LogP contribution in [0.25, 0.3) is 0 Å². The summed E-state index contributed by atoms with van der Waals surface area (Å²) in [6, 6.07) is 6.76. The summed E-state index contributed by atoms with van der Waals surface area (Å²) in [6.45, 7) is 0. The summed E-state index contributed by atoms with van der Waals surface area (Å²) in [4.78, 5) is 13.3. The average molecular weight is 315 g/mol. The van der Waals surface area contributed by atoms with Crippen LogP contribution in [0.3, 0.4) is 0 Å². The average Bonchev–Trinajstić information content (AvgIpc) is 2.41. The van der Waals surface area contributed by atoms with Crippen molar-refractivity contribution in [1.29, 1.82) is 0 Å². The minimum atomic E-state index is -3.85. The fraction of sp³-hybridized carbons (Fsp3) is 0.0833. The third-order valence-electron chi connectivity index (χ3n) is 2.70. The van der Waals surface area contributed by atoms with Gasteiger partial charge < -0.3 is 10.1 Å². The molecule has 0 aliphatic rings. The van der Waals surface area contributed by atoms with Crippen molar-refractivity contribution in [3.8, 4) is 5.75 Å². The molecular weight excluding hydrogens is 304 g/mol. The predicted octanol–water partition coefficient (Wildman–Crippen LogP) is 1.56. The molecule has 6 nitrogen and oxygen atoms in total. The summed E-state index contributed by atoms with van der Waals surface area (Å²) >= 11 is 5.63. The first-order valence-corrected chi connectivity index (χ1v) is 7.30. The van der Waals surface area contributed by atoms with E-state index < -0.39 is 15.6 Å². The maximum atomic E-state index is 12.4. The van der Waals surface area contributed by atoms with Crippen LogP contribution in [-0.4, -0.2) is 25.6 Å². The Labute approximate surface area is 120 Å². The largest absolute Gasteiger partial charge is 0.508 e. The first-order chi connectivity index (χ1) is 9.32. The fourth-order valence-electron chi connectivity index (χ4n) is 1.55. The van der Waals surface area contributed by atoms with Crippen molar-refractivity contribution in [1.82, 2.24) is 4.98 Å². The third kappa shape index (κ3) is 2.63. The topological polar surface area (TPSA) is 90.5 Å². The van der Waals surface area contributed by atoms with Crippen LogP contribution in [0.15, 0.2) is 46.2 Å². The van der Waals surface area contributed by atoms with Gasteiger partial charge in [0.15, 0.2) is 0 Å². The molecule has 0 aliphatic carbocycles. The molecule has 0 bridgehead atoms. The van der Waals surface area contributed by atoms with E-state index in [0.29, 0.717) is 5.69 Å². The highest BCUT2D eigenvalue weighted by Crippen LogP contribution is 2.23. The Morgan fingerprint density at radius 3 is 2.40 bits per heavy atom. The van der Waals surface area contributed by atoms with E-state index in [1.165, 1.54) is 31.3 Å². The lowest BCUT2D eigenvalue weighted by Crippen LogP contribution is -2.27. The maximum absolute atomic E-state index is 12.4. The van der Waals surface area contributed by atoms with Gasteiger partial charge in [-0.3, -0.25) is 9.10 Å². The zero-order valence-electron chi connectivity index (χ0n) is 10.4. The number of pyridine rings is 1. The van der Waals surface area contributed by atoms with Gasteiger partial charge in [-0.05, 0) is 30.3 Å². The molecule has 0 atom stereocenters. The number of aromatic amines is 1. The van der Waals surface area contributed by atoms with E-state index in [9.17, 15) is 18.3 Å². The second kappa shape index (κ2) is 5.18. The lowest BCUT2D eigenvalue weighted by Gasteiger charge is -2.19. The van der Waals surface area contributed by atoms with Crippen molar-refractivity contribution >= 4 is 27.3 Å². The Balaban J connectivity index is 2.46. The van der Waals surface area contributed by atoms with Crippen molar-refractivity contribution in [2.75, 3.05) is 11.4 Å². The first kappa shape index (κ1) is 14.4. The van der Waals surface area contributed by atoms with Gasteiger partial charge in [-0.2, -0.15) is 0 Å². The highest BCUT2D eigenvalue weighted by molar-refractivity contribution is 7.92. The van der Waals surface area contributed by atoms with E-state index in [-0.39, 0.29) is 15.7 Å². The molecule has 0 unspecified atom stereocenters. The molecule has 2 aromatic rings. The van der Waals surface area contributed by atoms with E-state index >= 15 is 0 Å². The van der Waals surface area contributed by atoms with E-state index in [0.717, 1.165) is 16.6 Å². The zero-order chi connectivity index (χ0) is 14.9. The Morgan fingerprint density at radius 2 is 1.85 bits per heavy atom. The van der Waals surface area contributed by atoms with E-state index in [1.54, 1.807) is 0 Å². The summed E-state index contributed by atoms with van der Waals surface area (Å²) in [5, 5.41) is 9.00. The van der Waals surface area contributed by atoms with Crippen LogP contribution < -0.4 is 9.86 Å². The molecule has 8 heteroatoms. The van der Waals surface area contributed by atoms with Crippen molar-refractivity contribution < 1.29 is 13.5 Å². The van der Waals surface area contributed by atoms with E-state index in [1.807, 2.05) is 0 Å². The molecule has 0 fully saturated rings. The van der Waals surface area contributed by atoms with Crippen LogP contribution in [0, 0.1) is 0 Å². The molecule has 0 amide bonds. The van der Waals surface area contributed by atoms with Crippen LogP contribution >= 0.6 is 11.6 Å². The number of sulfonamides is 1. The van der Waals surface area contributed by atoms with Crippen molar-refractivity contribution in [2.24, 2.45) is 0 Å². The van der Waals surface area contributed by atoms with Crippen molar-refractivity contribution in [2.45, 2.75) is 4.90 Å². The zero-order valence-corrected chi connectivity index (χ0v) is 11.9. The first-order valence-electron chi connectivity index (χ1n) is 5.48. The van der Waals surface area contributed by atoms with E-state index in [2.05, 4.69) is 4.98 Å². The highest BCUT2D eigenvalue weighted by Gasteiger charge is 2.22. The number of halogens is 1. The lowest BCUT2D eigenvalue weighted by molar-refractivity contribution is 0.475. The molecule has 2 N–H and O–H groups in total. The number of aromatic hydroxyl groups is 1. The summed E-state index contributed by atoms with van der Waals surface area (Å²) in [5.74, 6) is 0.0339. The number of rotatable bonds is 3. The van der Waals surface area contributed by atoms with Gasteiger partial charge in [-0.15, -0.1) is 0 Å². The second-order valence-corrected chi connectivity index (χ2v) is 6.38. The van der Waals surface area contributed by atoms with Crippen LogP contribution in [0.4, 0.5) is 5.69 Å². The quantitative estimate of drug-likeness (QED) is 0.899. The van der Waals surface area contributed by atoms with Crippen LogP contribution in [0.2, 0.25) is 5.02 Å². The molecule has 106 valence electrons. The van der Waals surface area contributed by atoms with Crippen molar-refractivity contribution in [3.05, 3.63) is 51.9 Å². The number of nitrogens with one attached hydrogen (secondary N) is 1. The predicted molar refractivity (Wildman–Crippen MR) is 75.8 cm³/mol. The van der Waals surface area contributed by atoms with Crippen LogP contribution in [0.1, 0.15) is 0 Å². The smallest absolute Gasteiger partial charge is 0.266 e. The Hall–Kier alpha value is -1.99. The minimum absolute atomic E-state index is 0.0339. The van der Waals surface area contributed by atoms with Gasteiger partial charge in [0.25, 0.3) is 15.6 Å². The number of H-pyrrole nitrogens is 1. The number of nitrogens with zero attached hydrogens (tertiary/aromatic N) is 1. The molecule has 0 radical (unpaired) electrons. The number of benzene rings is 1. The van der Waals surface area contributed by atoms with Gasteiger partial charge >= 0.3 is 0 Å². The standard InChI is InChI=1S/C12H11ClN2O4S/c1-15(8-2-4-9(16)5-3-8)20(18,19)10-6-11(13)12(17)14-7-10/h2-7,16H,1H3,(H,14,17). The molecule has 1 aromatic heterocycles. The SMILES string of the molecule is CN(c1ccc(O)cc1)S(=O)(=O)c1c[nH]c(=O)c(Cl)c1. The molecule has 20 heavy (non-hydrogen) atoms. The fourth-order valence-corrected chi connectivity index (χ4v) is 2.97. The molecule has 1 heterocycles. The minimum Gasteiger partial charge on any atom is -0.508 e. The third-order valence-corrected chi connectivity index (χ3v) is 4.75. The number of phenols is 1. The van der Waals surface area contributed by atoms with Gasteiger partial charge in [-0.25, -0.2) is 8.42 Å². The molecule has 0 aliphatic heterocycles. The van der Waals surface area contributed by atoms with Gasteiger partial charge in [0.1, 0.15) is 15.7 Å². The summed E-state index contributed by atoms with van der Waals surface area (Å²) < 4.78 is 25.8. The summed E-state index contributed by atoms with van der Waals surface area (Å²) in [5.41, 5.74) is -0.192. The summed E-state index contributed by atoms with van der Waals surface area (Å²) in [6.07, 6.45) is 1.08. The Bertz CT molecular complexity index is 784. The Morgan fingerprint density at radius 1 is 1.25 bits per heavy atom. The van der Waals surface area contributed by atoms with Gasteiger partial charge in [0, 0.05) is 13.2 Å². The Kier molecular flexibility index (Phi) is 3.74. The molecule has 0 saturated heterocycles. The lowest BCUT2D eigenvalue weighted by atomic mass is 10.3. The summed E-state index contributed by atoms with van der Waals surface area (Å²) in [7, 11) is -2.49. The molecule has 0 spiro atoms. The molecule has 2 rings (SSSR count). The number of hydrogen-bond acceptors (Lipinski definition) is 4. The molecule has 0 saturated carbocycles. The monoisotopic (exact) mass is 314 g/mol. The van der Waals surface area contributed by atoms with E-state index in [4.69, 9.17) is 11.6 Å². The van der Waals surface area contributed by atoms with Crippen LogP contribution in [0.5, 0.6) is 5.75 Å². The van der Waals surface area contributed by atoms with Gasteiger partial charge in [-0.1, -0.05) is 11.6 Å². The number of anilines is 1. The number of phenolic OH excluding ortho intramolecular Hbond substituents is 1. The van der Waals surface area contributed by atoms with Gasteiger partial charge in [0.2, 0.25) is 0 Å². The number of aromatic nitrogens is 1. The molecular formula is C12H11ClN2O4S. The van der Waals surface area contributed by atoms with Gasteiger partial charge in [0.05, 0.1) is 5.69 Å². The highest BCUT2D eigenvalue weighted by atomic mass is 35.5.